The average molecular weight is 131 g/mol. The molecule has 0 atom stereocenters. The van der Waals surface area contributed by atoms with E-state index in [1.54, 1.807) is 0 Å². The highest BCUT2D eigenvalue weighted by Gasteiger charge is 2.12. The van der Waals surface area contributed by atoms with Crippen molar-refractivity contribution in [3.63, 3.8) is 0 Å². The Hall–Kier alpha value is -1.11. The first-order valence-corrected chi connectivity index (χ1v) is 3.45. The molecular weight excluding hydrogens is 122 g/mol. The molecular formula is C9H9N. The molecule has 0 amide bonds. The largest absolute Gasteiger partial charge is 0.261 e. The Balaban J connectivity index is 2.51. The molecule has 50 valence electrons. The fourth-order valence-corrected chi connectivity index (χ4v) is 1.36. The topological polar surface area (TPSA) is 12.9 Å². The summed E-state index contributed by atoms with van der Waals surface area (Å²) < 4.78 is 0. The van der Waals surface area contributed by atoms with Crippen LogP contribution in [0.4, 0.5) is 0 Å². The van der Waals surface area contributed by atoms with Crippen LogP contribution in [0.15, 0.2) is 30.5 Å². The fraction of sp³-hybridized carbons (Fsp3) is 0.222. The first kappa shape index (κ1) is 5.66. The highest BCUT2D eigenvalue weighted by molar-refractivity contribution is 5.34. The van der Waals surface area contributed by atoms with Gasteiger partial charge in [-0.3, -0.25) is 4.98 Å². The summed E-state index contributed by atoms with van der Waals surface area (Å²) in [6, 6.07) is 4.11. The van der Waals surface area contributed by atoms with Crippen molar-refractivity contribution in [2.24, 2.45) is 0 Å². The second kappa shape index (κ2) is 1.94. The van der Waals surface area contributed by atoms with Gasteiger partial charge in [-0.05, 0) is 18.1 Å². The first-order valence-electron chi connectivity index (χ1n) is 3.45. The maximum Gasteiger partial charge on any atom is 0.0479 e. The van der Waals surface area contributed by atoms with Crippen molar-refractivity contribution < 1.29 is 0 Å². The Morgan fingerprint density at radius 1 is 1.40 bits per heavy atom. The summed E-state index contributed by atoms with van der Waals surface area (Å²) in [6.07, 6.45) is 3.86. The minimum absolute atomic E-state index is 0.982. The van der Waals surface area contributed by atoms with Crippen molar-refractivity contribution >= 4 is 0 Å². The van der Waals surface area contributed by atoms with Gasteiger partial charge in [-0.15, -0.1) is 0 Å². The van der Waals surface area contributed by atoms with Crippen LogP contribution in [0.5, 0.6) is 0 Å². The second-order valence-corrected chi connectivity index (χ2v) is 2.71. The lowest BCUT2D eigenvalue weighted by Gasteiger charge is -1.91. The molecule has 0 radical (unpaired) electrons. The van der Waals surface area contributed by atoms with Crippen molar-refractivity contribution in [3.8, 4) is 0 Å². The van der Waals surface area contributed by atoms with Crippen LogP contribution in [0.3, 0.4) is 0 Å². The molecule has 10 heavy (non-hydrogen) atoms. The molecule has 1 aliphatic carbocycles. The van der Waals surface area contributed by atoms with Crippen LogP contribution in [-0.4, -0.2) is 4.98 Å². The summed E-state index contributed by atoms with van der Waals surface area (Å²) in [5, 5.41) is 0. The van der Waals surface area contributed by atoms with Crippen LogP contribution in [0.2, 0.25) is 0 Å². The van der Waals surface area contributed by atoms with Crippen LogP contribution in [-0.2, 0) is 12.8 Å². The smallest absolute Gasteiger partial charge is 0.0479 e. The van der Waals surface area contributed by atoms with Crippen molar-refractivity contribution in [1.29, 1.82) is 0 Å². The summed E-state index contributed by atoms with van der Waals surface area (Å²) in [5.74, 6) is 0. The fourth-order valence-electron chi connectivity index (χ4n) is 1.36. The molecule has 0 saturated carbocycles. The maximum atomic E-state index is 4.25. The number of allylic oxidation sites excluding steroid dienone is 1. The number of hydrogen-bond donors (Lipinski definition) is 0. The van der Waals surface area contributed by atoms with Crippen molar-refractivity contribution in [3.05, 3.63) is 41.7 Å². The van der Waals surface area contributed by atoms with Crippen LogP contribution in [0, 0.1) is 0 Å². The normalized spacial score (nSPS) is 15.4. The number of fused-ring (bicyclic) bond motifs is 1. The van der Waals surface area contributed by atoms with Crippen molar-refractivity contribution in [1.82, 2.24) is 4.98 Å². The monoisotopic (exact) mass is 131 g/mol. The van der Waals surface area contributed by atoms with E-state index in [9.17, 15) is 0 Å². The standard InChI is InChI=1S/C9H9N/c1-7-5-8-3-2-4-10-9(8)6-7/h2-4H,1,5-6H2. The number of aromatic nitrogens is 1. The number of rotatable bonds is 0. The number of hydrogen-bond acceptors (Lipinski definition) is 1. The maximum absolute atomic E-state index is 4.25. The van der Waals surface area contributed by atoms with Crippen LogP contribution in [0.1, 0.15) is 11.3 Å². The molecule has 0 aliphatic heterocycles. The molecule has 1 aromatic rings. The Bertz CT molecular complexity index is 249. The molecule has 1 nitrogen and oxygen atoms in total. The minimum atomic E-state index is 0.982. The molecule has 1 heteroatoms. The molecule has 1 heterocycles. The van der Waals surface area contributed by atoms with Gasteiger partial charge >= 0.3 is 0 Å². The quantitative estimate of drug-likeness (QED) is 0.489. The van der Waals surface area contributed by atoms with Gasteiger partial charge in [0.05, 0.1) is 0 Å². The van der Waals surface area contributed by atoms with E-state index in [0.717, 1.165) is 12.8 Å². The predicted octanol–water partition coefficient (Wildman–Crippen LogP) is 1.74. The van der Waals surface area contributed by atoms with Gasteiger partial charge in [-0.2, -0.15) is 0 Å². The Morgan fingerprint density at radius 2 is 2.30 bits per heavy atom. The lowest BCUT2D eigenvalue weighted by molar-refractivity contribution is 1.11. The third-order valence-corrected chi connectivity index (χ3v) is 1.84. The van der Waals surface area contributed by atoms with E-state index < -0.39 is 0 Å². The first-order chi connectivity index (χ1) is 4.86. The highest BCUT2D eigenvalue weighted by Crippen LogP contribution is 2.21. The SMILES string of the molecule is C=C1Cc2cccnc2C1. The van der Waals surface area contributed by atoms with E-state index in [4.69, 9.17) is 0 Å². The van der Waals surface area contributed by atoms with E-state index in [2.05, 4.69) is 17.6 Å². The summed E-state index contributed by atoms with van der Waals surface area (Å²) in [7, 11) is 0. The van der Waals surface area contributed by atoms with Gasteiger partial charge in [0.15, 0.2) is 0 Å². The molecule has 0 bridgehead atoms. The molecule has 2 rings (SSSR count). The third kappa shape index (κ3) is 0.747. The molecule has 0 spiro atoms. The summed E-state index contributed by atoms with van der Waals surface area (Å²) in [6.45, 7) is 3.93. The van der Waals surface area contributed by atoms with Crippen LogP contribution >= 0.6 is 0 Å². The summed E-state index contributed by atoms with van der Waals surface area (Å²) >= 11 is 0. The van der Waals surface area contributed by atoms with E-state index in [0.29, 0.717) is 0 Å². The highest BCUT2D eigenvalue weighted by atomic mass is 14.7. The summed E-state index contributed by atoms with van der Waals surface area (Å²) in [5.41, 5.74) is 3.86. The van der Waals surface area contributed by atoms with Gasteiger partial charge in [-0.1, -0.05) is 18.2 Å². The molecule has 1 aromatic heterocycles. The zero-order valence-corrected chi connectivity index (χ0v) is 5.80. The minimum Gasteiger partial charge on any atom is -0.261 e. The van der Waals surface area contributed by atoms with Gasteiger partial charge in [0, 0.05) is 18.3 Å². The molecule has 1 aliphatic rings. The van der Waals surface area contributed by atoms with Gasteiger partial charge in [0.1, 0.15) is 0 Å². The Labute approximate surface area is 60.4 Å². The van der Waals surface area contributed by atoms with E-state index in [1.807, 2.05) is 12.3 Å². The number of nitrogens with zero attached hydrogens (tertiary/aromatic N) is 1. The van der Waals surface area contributed by atoms with E-state index >= 15 is 0 Å². The van der Waals surface area contributed by atoms with Gasteiger partial charge in [0.2, 0.25) is 0 Å². The molecule has 0 fully saturated rings. The molecule has 0 N–H and O–H groups in total. The predicted molar refractivity (Wildman–Crippen MR) is 40.8 cm³/mol. The molecule has 0 unspecified atom stereocenters. The summed E-state index contributed by atoms with van der Waals surface area (Å²) in [4.78, 5) is 4.25. The van der Waals surface area contributed by atoms with Crippen molar-refractivity contribution in [2.45, 2.75) is 12.8 Å². The lowest BCUT2D eigenvalue weighted by Crippen LogP contribution is -1.83. The van der Waals surface area contributed by atoms with Gasteiger partial charge < -0.3 is 0 Å². The Morgan fingerprint density at radius 3 is 3.10 bits per heavy atom. The molecule has 0 saturated heterocycles. The van der Waals surface area contributed by atoms with Crippen LogP contribution in [0.25, 0.3) is 0 Å². The third-order valence-electron chi connectivity index (χ3n) is 1.84. The Kier molecular flexibility index (Phi) is 1.10. The lowest BCUT2D eigenvalue weighted by atomic mass is 10.2. The van der Waals surface area contributed by atoms with Crippen molar-refractivity contribution in [2.75, 3.05) is 0 Å². The van der Waals surface area contributed by atoms with Crippen LogP contribution < -0.4 is 0 Å². The second-order valence-electron chi connectivity index (χ2n) is 2.71. The zero-order valence-electron chi connectivity index (χ0n) is 5.80. The van der Waals surface area contributed by atoms with E-state index in [1.165, 1.54) is 16.8 Å². The number of pyridine rings is 1. The van der Waals surface area contributed by atoms with E-state index in [-0.39, 0.29) is 0 Å². The zero-order chi connectivity index (χ0) is 6.97. The van der Waals surface area contributed by atoms with Gasteiger partial charge in [-0.25, -0.2) is 0 Å². The van der Waals surface area contributed by atoms with Gasteiger partial charge in [0.25, 0.3) is 0 Å². The average Bonchev–Trinajstić information content (AvgIpc) is 2.27. The molecule has 0 aromatic carbocycles.